The number of benzene rings is 2. The molecule has 3 aromatic rings. The fraction of sp³-hybridized carbons (Fsp3) is 0.238. The SMILES string of the molecule is CCC(=O)N1N=C(c2ccc3nccnc3c2)CC1c1ccc(NS(C)(=O)=O)cc1. The lowest BCUT2D eigenvalue weighted by molar-refractivity contribution is -0.132. The van der Waals surface area contributed by atoms with E-state index in [2.05, 4.69) is 19.8 Å². The minimum absolute atomic E-state index is 0.0751. The van der Waals surface area contributed by atoms with Crippen molar-refractivity contribution in [2.24, 2.45) is 5.10 Å². The van der Waals surface area contributed by atoms with Crippen LogP contribution in [0.25, 0.3) is 11.0 Å². The molecule has 1 aromatic heterocycles. The lowest BCUT2D eigenvalue weighted by Crippen LogP contribution is -2.26. The molecule has 0 radical (unpaired) electrons. The number of sulfonamides is 1. The van der Waals surface area contributed by atoms with E-state index in [1.54, 1.807) is 31.5 Å². The van der Waals surface area contributed by atoms with Crippen LogP contribution in [0.15, 0.2) is 60.0 Å². The second-order valence-corrected chi connectivity index (χ2v) is 8.86. The van der Waals surface area contributed by atoms with E-state index in [0.717, 1.165) is 34.1 Å². The zero-order valence-electron chi connectivity index (χ0n) is 16.6. The number of aromatic nitrogens is 2. The standard InChI is InChI=1S/C21H21N5O3S/c1-3-21(27)26-20(14-4-7-16(8-5-14)25-30(2,28)29)13-18(24-26)15-6-9-17-19(12-15)23-11-10-22-17/h4-12,20,25H,3,13H2,1-2H3. The Bertz CT molecular complexity index is 1240. The van der Waals surface area contributed by atoms with E-state index in [0.29, 0.717) is 18.5 Å². The molecule has 1 aliphatic rings. The highest BCUT2D eigenvalue weighted by Gasteiger charge is 2.32. The van der Waals surface area contributed by atoms with Gasteiger partial charge in [-0.3, -0.25) is 19.5 Å². The summed E-state index contributed by atoms with van der Waals surface area (Å²) in [6.45, 7) is 1.80. The Morgan fingerprint density at radius 2 is 1.80 bits per heavy atom. The second-order valence-electron chi connectivity index (χ2n) is 7.11. The number of carbonyl (C=O) groups is 1. The van der Waals surface area contributed by atoms with E-state index in [1.165, 1.54) is 5.01 Å². The maximum atomic E-state index is 12.5. The summed E-state index contributed by atoms with van der Waals surface area (Å²) in [6.07, 6.45) is 5.29. The summed E-state index contributed by atoms with van der Waals surface area (Å²) < 4.78 is 25.3. The molecule has 2 aromatic carbocycles. The van der Waals surface area contributed by atoms with Gasteiger partial charge in [-0.1, -0.05) is 25.1 Å². The zero-order chi connectivity index (χ0) is 21.3. The minimum Gasteiger partial charge on any atom is -0.284 e. The van der Waals surface area contributed by atoms with E-state index in [4.69, 9.17) is 0 Å². The van der Waals surface area contributed by atoms with Crippen molar-refractivity contribution in [3.63, 3.8) is 0 Å². The summed E-state index contributed by atoms with van der Waals surface area (Å²) in [6, 6.07) is 12.5. The molecule has 0 saturated carbocycles. The van der Waals surface area contributed by atoms with Gasteiger partial charge >= 0.3 is 0 Å². The van der Waals surface area contributed by atoms with Gasteiger partial charge in [-0.15, -0.1) is 0 Å². The molecule has 0 bridgehead atoms. The number of rotatable bonds is 5. The van der Waals surface area contributed by atoms with E-state index < -0.39 is 10.0 Å². The Hall–Kier alpha value is -3.33. The van der Waals surface area contributed by atoms with Crippen molar-refractivity contribution in [3.05, 3.63) is 66.0 Å². The van der Waals surface area contributed by atoms with Crippen molar-refractivity contribution in [2.75, 3.05) is 11.0 Å². The fourth-order valence-electron chi connectivity index (χ4n) is 3.47. The summed E-state index contributed by atoms with van der Waals surface area (Å²) in [7, 11) is -3.35. The molecular formula is C21H21N5O3S. The first-order chi connectivity index (χ1) is 14.3. The Labute approximate surface area is 174 Å². The lowest BCUT2D eigenvalue weighted by atomic mass is 9.98. The van der Waals surface area contributed by atoms with Crippen LogP contribution in [0.1, 0.15) is 36.9 Å². The molecule has 1 aliphatic heterocycles. The molecule has 0 saturated heterocycles. The van der Waals surface area contributed by atoms with Gasteiger partial charge in [0.2, 0.25) is 15.9 Å². The number of hydrazone groups is 1. The number of amides is 1. The average molecular weight is 423 g/mol. The van der Waals surface area contributed by atoms with Gasteiger partial charge < -0.3 is 0 Å². The van der Waals surface area contributed by atoms with Gasteiger partial charge in [0.1, 0.15) is 0 Å². The first-order valence-corrected chi connectivity index (χ1v) is 11.4. The van der Waals surface area contributed by atoms with Crippen molar-refractivity contribution in [2.45, 2.75) is 25.8 Å². The lowest BCUT2D eigenvalue weighted by Gasteiger charge is -2.21. The number of hydrogen-bond acceptors (Lipinski definition) is 6. The highest BCUT2D eigenvalue weighted by atomic mass is 32.2. The largest absolute Gasteiger partial charge is 0.284 e. The van der Waals surface area contributed by atoms with Gasteiger partial charge in [0.15, 0.2) is 0 Å². The summed E-state index contributed by atoms with van der Waals surface area (Å²) >= 11 is 0. The molecule has 4 rings (SSSR count). The molecule has 1 amide bonds. The first-order valence-electron chi connectivity index (χ1n) is 9.52. The zero-order valence-corrected chi connectivity index (χ0v) is 17.4. The Kier molecular flexibility index (Phi) is 5.21. The smallest absolute Gasteiger partial charge is 0.242 e. The molecule has 30 heavy (non-hydrogen) atoms. The summed E-state index contributed by atoms with van der Waals surface area (Å²) in [5.41, 5.74) is 4.62. The van der Waals surface area contributed by atoms with Gasteiger partial charge in [0, 0.05) is 36.5 Å². The van der Waals surface area contributed by atoms with Crippen LogP contribution in [0.3, 0.4) is 0 Å². The third-order valence-corrected chi connectivity index (χ3v) is 5.48. The molecule has 0 spiro atoms. The second kappa shape index (κ2) is 7.83. The number of anilines is 1. The highest BCUT2D eigenvalue weighted by molar-refractivity contribution is 7.92. The fourth-order valence-corrected chi connectivity index (χ4v) is 4.03. The Balaban J connectivity index is 1.65. The van der Waals surface area contributed by atoms with Crippen molar-refractivity contribution in [1.82, 2.24) is 15.0 Å². The van der Waals surface area contributed by atoms with Crippen LogP contribution in [0.5, 0.6) is 0 Å². The molecule has 8 nitrogen and oxygen atoms in total. The van der Waals surface area contributed by atoms with Gasteiger partial charge in [0.05, 0.1) is 29.0 Å². The van der Waals surface area contributed by atoms with Gasteiger partial charge in [-0.05, 0) is 29.8 Å². The molecular weight excluding hydrogens is 402 g/mol. The van der Waals surface area contributed by atoms with Crippen molar-refractivity contribution in [1.29, 1.82) is 0 Å². The van der Waals surface area contributed by atoms with Crippen LogP contribution >= 0.6 is 0 Å². The molecule has 1 atom stereocenters. The third kappa shape index (κ3) is 4.16. The minimum atomic E-state index is -3.35. The Morgan fingerprint density at radius 3 is 2.47 bits per heavy atom. The number of nitrogens with zero attached hydrogens (tertiary/aromatic N) is 4. The summed E-state index contributed by atoms with van der Waals surface area (Å²) in [4.78, 5) is 21.2. The average Bonchev–Trinajstić information content (AvgIpc) is 3.18. The van der Waals surface area contributed by atoms with Gasteiger partial charge in [-0.2, -0.15) is 5.10 Å². The molecule has 154 valence electrons. The number of hydrogen-bond donors (Lipinski definition) is 1. The van der Waals surface area contributed by atoms with Crippen LogP contribution in [0, 0.1) is 0 Å². The van der Waals surface area contributed by atoms with Crippen LogP contribution in [-0.4, -0.2) is 41.3 Å². The molecule has 9 heteroatoms. The first kappa shape index (κ1) is 20.0. The third-order valence-electron chi connectivity index (χ3n) is 4.87. The quantitative estimate of drug-likeness (QED) is 0.679. The molecule has 0 aliphatic carbocycles. The summed E-state index contributed by atoms with van der Waals surface area (Å²) in [5, 5.41) is 6.14. The number of carbonyl (C=O) groups excluding carboxylic acids is 1. The highest BCUT2D eigenvalue weighted by Crippen LogP contribution is 2.34. The van der Waals surface area contributed by atoms with Crippen LogP contribution in [0.2, 0.25) is 0 Å². The monoisotopic (exact) mass is 423 g/mol. The number of fused-ring (bicyclic) bond motifs is 1. The van der Waals surface area contributed by atoms with E-state index in [1.807, 2.05) is 30.3 Å². The normalized spacial score (nSPS) is 16.5. The van der Waals surface area contributed by atoms with E-state index in [9.17, 15) is 13.2 Å². The summed E-state index contributed by atoms with van der Waals surface area (Å²) in [5.74, 6) is -0.0751. The van der Waals surface area contributed by atoms with Crippen LogP contribution in [-0.2, 0) is 14.8 Å². The number of nitrogens with one attached hydrogen (secondary N) is 1. The predicted octanol–water partition coefficient (Wildman–Crippen LogP) is 3.09. The van der Waals surface area contributed by atoms with Crippen molar-refractivity contribution in [3.8, 4) is 0 Å². The predicted molar refractivity (Wildman–Crippen MR) is 115 cm³/mol. The maximum absolute atomic E-state index is 12.5. The van der Waals surface area contributed by atoms with E-state index in [-0.39, 0.29) is 11.9 Å². The van der Waals surface area contributed by atoms with Gasteiger partial charge in [-0.25, -0.2) is 13.4 Å². The topological polar surface area (TPSA) is 105 Å². The van der Waals surface area contributed by atoms with E-state index >= 15 is 0 Å². The Morgan fingerprint density at radius 1 is 1.10 bits per heavy atom. The van der Waals surface area contributed by atoms with Crippen molar-refractivity contribution >= 4 is 38.4 Å². The van der Waals surface area contributed by atoms with Crippen LogP contribution in [0.4, 0.5) is 5.69 Å². The molecule has 2 heterocycles. The van der Waals surface area contributed by atoms with Crippen molar-refractivity contribution < 1.29 is 13.2 Å². The molecule has 1 N–H and O–H groups in total. The van der Waals surface area contributed by atoms with Gasteiger partial charge in [0.25, 0.3) is 0 Å². The van der Waals surface area contributed by atoms with Crippen LogP contribution < -0.4 is 4.72 Å². The molecule has 0 fully saturated rings. The maximum Gasteiger partial charge on any atom is 0.242 e. The molecule has 1 unspecified atom stereocenters.